The third kappa shape index (κ3) is 2.64. The van der Waals surface area contributed by atoms with Gasteiger partial charge in [0.05, 0.1) is 6.04 Å². The van der Waals surface area contributed by atoms with Gasteiger partial charge in [-0.05, 0) is 46.5 Å². The summed E-state index contributed by atoms with van der Waals surface area (Å²) in [4.78, 5) is 2.49. The fraction of sp³-hybridized carbons (Fsp3) is 0.185. The molecule has 5 heteroatoms. The molecule has 0 saturated carbocycles. The lowest BCUT2D eigenvalue weighted by Crippen LogP contribution is -2.44. The van der Waals surface area contributed by atoms with E-state index in [0.29, 0.717) is 0 Å². The summed E-state index contributed by atoms with van der Waals surface area (Å²) in [5.41, 5.74) is 4.98. The Morgan fingerprint density at radius 1 is 0.812 bits per heavy atom. The molecule has 0 radical (unpaired) electrons. The highest BCUT2D eigenvalue weighted by Crippen LogP contribution is 2.52. The van der Waals surface area contributed by atoms with Crippen molar-refractivity contribution in [3.63, 3.8) is 0 Å². The second kappa shape index (κ2) is 6.99. The van der Waals surface area contributed by atoms with Crippen LogP contribution in [0.2, 0.25) is 0 Å². The first-order valence-corrected chi connectivity index (χ1v) is 11.7. The van der Waals surface area contributed by atoms with Crippen LogP contribution in [0.15, 0.2) is 77.3 Å². The maximum absolute atomic E-state index is 6.71. The van der Waals surface area contributed by atoms with Crippen molar-refractivity contribution in [2.45, 2.75) is 18.7 Å². The molecule has 0 aromatic heterocycles. The number of ether oxygens (including phenoxy) is 3. The maximum Gasteiger partial charge on any atom is 0.231 e. The van der Waals surface area contributed by atoms with Gasteiger partial charge >= 0.3 is 0 Å². The summed E-state index contributed by atoms with van der Waals surface area (Å²) in [5, 5.41) is 2.43. The van der Waals surface area contributed by atoms with E-state index in [1.54, 1.807) is 0 Å². The molecule has 0 spiro atoms. The summed E-state index contributed by atoms with van der Waals surface area (Å²) in [5.74, 6) is 2.52. The van der Waals surface area contributed by atoms with Crippen LogP contribution in [0.25, 0.3) is 10.8 Å². The molecule has 4 aromatic rings. The van der Waals surface area contributed by atoms with Crippen molar-refractivity contribution >= 4 is 26.7 Å². The Labute approximate surface area is 194 Å². The summed E-state index contributed by atoms with van der Waals surface area (Å²) in [6, 6.07) is 25.7. The van der Waals surface area contributed by atoms with Gasteiger partial charge in [-0.2, -0.15) is 0 Å². The van der Waals surface area contributed by atoms with Gasteiger partial charge in [-0.25, -0.2) is 0 Å². The number of fused-ring (bicyclic) bond motifs is 7. The fourth-order valence-electron chi connectivity index (χ4n) is 5.37. The van der Waals surface area contributed by atoms with Crippen LogP contribution in [0.4, 0.5) is 0 Å². The fourth-order valence-corrected chi connectivity index (χ4v) is 5.91. The number of benzene rings is 4. The summed E-state index contributed by atoms with van der Waals surface area (Å²) in [6.45, 7) is 1.17. The molecule has 4 aromatic carbocycles. The van der Waals surface area contributed by atoms with Crippen LogP contribution in [-0.2, 0) is 6.42 Å². The highest BCUT2D eigenvalue weighted by molar-refractivity contribution is 9.10. The largest absolute Gasteiger partial charge is 0.470 e. The van der Waals surface area contributed by atoms with Gasteiger partial charge in [0.25, 0.3) is 0 Å². The number of rotatable bonds is 1. The van der Waals surface area contributed by atoms with Gasteiger partial charge in [0.15, 0.2) is 17.7 Å². The zero-order valence-electron chi connectivity index (χ0n) is 17.3. The molecule has 3 aliphatic rings. The number of hydrogen-bond acceptors (Lipinski definition) is 4. The van der Waals surface area contributed by atoms with E-state index in [4.69, 9.17) is 14.2 Å². The van der Waals surface area contributed by atoms with Gasteiger partial charge in [-0.1, -0.05) is 70.5 Å². The van der Waals surface area contributed by atoms with Crippen LogP contribution in [0.5, 0.6) is 17.2 Å². The Morgan fingerprint density at radius 3 is 2.56 bits per heavy atom. The topological polar surface area (TPSA) is 30.9 Å². The number of halogens is 1. The molecule has 32 heavy (non-hydrogen) atoms. The highest BCUT2D eigenvalue weighted by atomic mass is 79.9. The summed E-state index contributed by atoms with van der Waals surface area (Å²) < 4.78 is 19.1. The van der Waals surface area contributed by atoms with Crippen molar-refractivity contribution in [3.05, 3.63) is 99.5 Å². The van der Waals surface area contributed by atoms with E-state index in [1.807, 2.05) is 6.07 Å². The Bertz CT molecular complexity index is 1380. The Balaban J connectivity index is 1.50. The Morgan fingerprint density at radius 2 is 1.62 bits per heavy atom. The number of hydrogen-bond donors (Lipinski definition) is 0. The standard InChI is InChI=1S/C27H20BrNO3/c28-21-14-24-23(30-15-31-24)13-20(21)26-25-18-7-3-1-5-16(18)9-10-22(25)32-27-19-8-4-2-6-17(19)11-12-29(26)27/h1-10,13-14,26-27H,11-12,15H2. The summed E-state index contributed by atoms with van der Waals surface area (Å²) in [6.07, 6.45) is 0.866. The van der Waals surface area contributed by atoms with Crippen LogP contribution in [0.3, 0.4) is 0 Å². The Hall–Kier alpha value is -3.02. The normalized spacial score (nSPS) is 20.9. The minimum atomic E-state index is -0.129. The molecule has 0 fully saturated rings. The van der Waals surface area contributed by atoms with Gasteiger partial charge in [0.1, 0.15) is 5.75 Å². The van der Waals surface area contributed by atoms with Crippen LogP contribution in [-0.4, -0.2) is 18.2 Å². The van der Waals surface area contributed by atoms with Crippen molar-refractivity contribution < 1.29 is 14.2 Å². The molecule has 4 nitrogen and oxygen atoms in total. The average Bonchev–Trinajstić information content (AvgIpc) is 3.29. The Kier molecular flexibility index (Phi) is 4.05. The maximum atomic E-state index is 6.71. The molecule has 2 atom stereocenters. The van der Waals surface area contributed by atoms with E-state index in [1.165, 1.54) is 33.0 Å². The zero-order valence-corrected chi connectivity index (χ0v) is 18.8. The molecule has 7 rings (SSSR count). The van der Waals surface area contributed by atoms with Crippen LogP contribution >= 0.6 is 15.9 Å². The van der Waals surface area contributed by atoms with Crippen LogP contribution in [0.1, 0.15) is 34.5 Å². The van der Waals surface area contributed by atoms with E-state index in [2.05, 4.69) is 87.6 Å². The van der Waals surface area contributed by atoms with Gasteiger partial charge in [-0.3, -0.25) is 4.90 Å². The molecule has 0 amide bonds. The lowest BCUT2D eigenvalue weighted by molar-refractivity contribution is -0.0262. The van der Waals surface area contributed by atoms with E-state index in [-0.39, 0.29) is 19.1 Å². The SMILES string of the molecule is Brc1cc2c(cc1C1c3c(ccc4ccccc34)OC3c4ccccc4CCN31)OCO2. The molecular weight excluding hydrogens is 466 g/mol. The highest BCUT2D eigenvalue weighted by Gasteiger charge is 2.42. The van der Waals surface area contributed by atoms with Crippen LogP contribution < -0.4 is 14.2 Å². The summed E-state index contributed by atoms with van der Waals surface area (Å²) >= 11 is 3.85. The quantitative estimate of drug-likeness (QED) is 0.313. The molecule has 3 heterocycles. The van der Waals surface area contributed by atoms with Crippen molar-refractivity contribution in [2.24, 2.45) is 0 Å². The van der Waals surface area contributed by atoms with Gasteiger partial charge in [0, 0.05) is 22.1 Å². The van der Waals surface area contributed by atoms with E-state index in [0.717, 1.165) is 34.7 Å². The molecule has 0 aliphatic carbocycles. The average molecular weight is 486 g/mol. The summed E-state index contributed by atoms with van der Waals surface area (Å²) in [7, 11) is 0. The first-order valence-electron chi connectivity index (χ1n) is 10.9. The first-order chi connectivity index (χ1) is 15.8. The minimum absolute atomic E-state index is 0.0204. The second-order valence-corrected chi connectivity index (χ2v) is 9.34. The van der Waals surface area contributed by atoms with Crippen LogP contribution in [0, 0.1) is 0 Å². The minimum Gasteiger partial charge on any atom is -0.470 e. The molecule has 0 bridgehead atoms. The monoisotopic (exact) mass is 485 g/mol. The molecule has 158 valence electrons. The predicted octanol–water partition coefficient (Wildman–Crippen LogP) is 6.37. The lowest BCUT2D eigenvalue weighted by Gasteiger charge is -2.46. The van der Waals surface area contributed by atoms with Gasteiger partial charge in [-0.15, -0.1) is 0 Å². The number of nitrogens with zero attached hydrogens (tertiary/aromatic N) is 1. The van der Waals surface area contributed by atoms with Crippen molar-refractivity contribution in [1.29, 1.82) is 0 Å². The van der Waals surface area contributed by atoms with Gasteiger partial charge in [0.2, 0.25) is 6.79 Å². The zero-order chi connectivity index (χ0) is 21.2. The third-order valence-corrected chi connectivity index (χ3v) is 7.51. The van der Waals surface area contributed by atoms with Crippen molar-refractivity contribution in [1.82, 2.24) is 4.90 Å². The molecule has 0 N–H and O–H groups in total. The lowest BCUT2D eigenvalue weighted by atomic mass is 9.86. The van der Waals surface area contributed by atoms with E-state index < -0.39 is 0 Å². The van der Waals surface area contributed by atoms with Crippen molar-refractivity contribution in [3.8, 4) is 17.2 Å². The molecule has 0 saturated heterocycles. The first kappa shape index (κ1) is 18.5. The molecular formula is C27H20BrNO3. The van der Waals surface area contributed by atoms with Crippen molar-refractivity contribution in [2.75, 3.05) is 13.3 Å². The van der Waals surface area contributed by atoms with E-state index in [9.17, 15) is 0 Å². The second-order valence-electron chi connectivity index (χ2n) is 8.48. The van der Waals surface area contributed by atoms with Gasteiger partial charge < -0.3 is 14.2 Å². The molecule has 2 unspecified atom stereocenters. The van der Waals surface area contributed by atoms with E-state index >= 15 is 0 Å². The molecule has 3 aliphatic heterocycles. The smallest absolute Gasteiger partial charge is 0.231 e. The predicted molar refractivity (Wildman–Crippen MR) is 126 cm³/mol. The third-order valence-electron chi connectivity index (χ3n) is 6.82.